The lowest BCUT2D eigenvalue weighted by molar-refractivity contribution is 0.00704. The lowest BCUT2D eigenvalue weighted by atomic mass is 9.98. The van der Waals surface area contributed by atoms with Crippen LogP contribution in [0.3, 0.4) is 0 Å². The van der Waals surface area contributed by atoms with Crippen molar-refractivity contribution >= 4 is 5.97 Å². The minimum atomic E-state index is -0.752. The standard InChI is InChI=1S/C29H35N3O3/c1-6-8-13-26-31-27(25(33)7-2)24(18-30)32(26)19-20-14-16-21(17-15-20)22-11-9-10-12-23(22)28(34)35-29(3,4)5/h9-12,14-17,25,33H,6-8,13,19H2,1-5H3. The number of aromatic nitrogens is 2. The summed E-state index contributed by atoms with van der Waals surface area (Å²) in [6.45, 7) is 10.0. The minimum Gasteiger partial charge on any atom is -0.456 e. The van der Waals surface area contributed by atoms with Crippen LogP contribution >= 0.6 is 0 Å². The van der Waals surface area contributed by atoms with Crippen molar-refractivity contribution in [3.05, 3.63) is 76.9 Å². The first-order valence-corrected chi connectivity index (χ1v) is 12.3. The van der Waals surface area contributed by atoms with E-state index in [9.17, 15) is 15.2 Å². The summed E-state index contributed by atoms with van der Waals surface area (Å²) in [6.07, 6.45) is 2.49. The van der Waals surface area contributed by atoms with E-state index in [1.807, 2.05) is 74.7 Å². The zero-order valence-corrected chi connectivity index (χ0v) is 21.3. The Morgan fingerprint density at radius 2 is 1.83 bits per heavy atom. The number of unbranched alkanes of at least 4 members (excludes halogenated alkanes) is 1. The van der Waals surface area contributed by atoms with E-state index in [-0.39, 0.29) is 5.97 Å². The molecule has 1 atom stereocenters. The number of esters is 1. The average Bonchev–Trinajstić information content (AvgIpc) is 3.18. The maximum atomic E-state index is 12.8. The van der Waals surface area contributed by atoms with Gasteiger partial charge in [0.25, 0.3) is 0 Å². The smallest absolute Gasteiger partial charge is 0.339 e. The fourth-order valence-corrected chi connectivity index (χ4v) is 3.98. The maximum Gasteiger partial charge on any atom is 0.339 e. The van der Waals surface area contributed by atoms with Gasteiger partial charge in [-0.15, -0.1) is 0 Å². The third kappa shape index (κ3) is 6.37. The molecule has 0 aliphatic rings. The molecular formula is C29H35N3O3. The number of imidazole rings is 1. The van der Waals surface area contributed by atoms with Crippen LogP contribution in [0.25, 0.3) is 11.1 Å². The van der Waals surface area contributed by atoms with Crippen LogP contribution in [0, 0.1) is 11.3 Å². The normalized spacial score (nSPS) is 12.3. The Balaban J connectivity index is 1.92. The number of aryl methyl sites for hydroxylation is 1. The summed E-state index contributed by atoms with van der Waals surface area (Å²) in [4.78, 5) is 17.4. The summed E-state index contributed by atoms with van der Waals surface area (Å²) >= 11 is 0. The van der Waals surface area contributed by atoms with E-state index in [0.717, 1.165) is 41.8 Å². The van der Waals surface area contributed by atoms with E-state index in [4.69, 9.17) is 4.74 Å². The Hall–Kier alpha value is -3.43. The van der Waals surface area contributed by atoms with Crippen LogP contribution in [0.4, 0.5) is 0 Å². The molecule has 1 N–H and O–H groups in total. The molecule has 6 heteroatoms. The number of ether oxygens (including phenoxy) is 1. The summed E-state index contributed by atoms with van der Waals surface area (Å²) < 4.78 is 7.51. The van der Waals surface area contributed by atoms with Crippen molar-refractivity contribution in [2.45, 2.75) is 78.6 Å². The summed E-state index contributed by atoms with van der Waals surface area (Å²) in [6, 6.07) is 17.7. The van der Waals surface area contributed by atoms with Gasteiger partial charge in [0.05, 0.1) is 11.7 Å². The van der Waals surface area contributed by atoms with Gasteiger partial charge in [-0.3, -0.25) is 0 Å². The first kappa shape index (κ1) is 26.2. The summed E-state index contributed by atoms with van der Waals surface area (Å²) in [5, 5.41) is 20.3. The van der Waals surface area contributed by atoms with Gasteiger partial charge in [0.15, 0.2) is 0 Å². The van der Waals surface area contributed by atoms with Crippen molar-refractivity contribution in [2.75, 3.05) is 0 Å². The Kier molecular flexibility index (Phi) is 8.48. The number of rotatable bonds is 9. The van der Waals surface area contributed by atoms with E-state index < -0.39 is 11.7 Å². The third-order valence-electron chi connectivity index (χ3n) is 5.79. The SMILES string of the molecule is CCCCc1nc(C(O)CC)c(C#N)n1Cc1ccc(-c2ccccc2C(=O)OC(C)(C)C)cc1. The van der Waals surface area contributed by atoms with Crippen LogP contribution in [-0.4, -0.2) is 26.2 Å². The molecule has 0 bridgehead atoms. The maximum absolute atomic E-state index is 12.8. The van der Waals surface area contributed by atoms with Gasteiger partial charge in [-0.1, -0.05) is 62.7 Å². The number of aliphatic hydroxyl groups is 1. The molecule has 0 aliphatic carbocycles. The van der Waals surface area contributed by atoms with Gasteiger partial charge >= 0.3 is 5.97 Å². The van der Waals surface area contributed by atoms with Gasteiger partial charge in [-0.2, -0.15) is 5.26 Å². The van der Waals surface area contributed by atoms with Crippen molar-refractivity contribution in [1.82, 2.24) is 9.55 Å². The highest BCUT2D eigenvalue weighted by Gasteiger charge is 2.23. The van der Waals surface area contributed by atoms with Crippen LogP contribution in [0.1, 0.15) is 93.1 Å². The molecule has 0 radical (unpaired) electrons. The second-order valence-electron chi connectivity index (χ2n) is 9.73. The molecule has 184 valence electrons. The number of benzene rings is 2. The molecule has 6 nitrogen and oxygen atoms in total. The zero-order chi connectivity index (χ0) is 25.6. The largest absolute Gasteiger partial charge is 0.456 e. The molecule has 0 saturated carbocycles. The molecule has 1 unspecified atom stereocenters. The number of hydrogen-bond acceptors (Lipinski definition) is 5. The Bertz CT molecular complexity index is 1200. The molecule has 0 saturated heterocycles. The van der Waals surface area contributed by atoms with E-state index in [1.54, 1.807) is 6.07 Å². The van der Waals surface area contributed by atoms with Crippen molar-refractivity contribution in [1.29, 1.82) is 5.26 Å². The van der Waals surface area contributed by atoms with Crippen LogP contribution < -0.4 is 0 Å². The van der Waals surface area contributed by atoms with Crippen LogP contribution in [-0.2, 0) is 17.7 Å². The van der Waals surface area contributed by atoms with E-state index in [1.165, 1.54) is 0 Å². The molecule has 3 aromatic rings. The number of nitriles is 1. The van der Waals surface area contributed by atoms with E-state index in [2.05, 4.69) is 18.0 Å². The molecule has 1 heterocycles. The molecule has 35 heavy (non-hydrogen) atoms. The Labute approximate surface area is 208 Å². The molecular weight excluding hydrogens is 438 g/mol. The minimum absolute atomic E-state index is 0.350. The topological polar surface area (TPSA) is 88.1 Å². The lowest BCUT2D eigenvalue weighted by Crippen LogP contribution is -2.24. The van der Waals surface area contributed by atoms with Gasteiger partial charge in [0.2, 0.25) is 0 Å². The highest BCUT2D eigenvalue weighted by Crippen LogP contribution is 2.27. The van der Waals surface area contributed by atoms with Crippen LogP contribution in [0.2, 0.25) is 0 Å². The number of carbonyl (C=O) groups excluding carboxylic acids is 1. The average molecular weight is 474 g/mol. The van der Waals surface area contributed by atoms with Gasteiger partial charge in [0, 0.05) is 13.0 Å². The third-order valence-corrected chi connectivity index (χ3v) is 5.79. The Morgan fingerprint density at radius 3 is 2.43 bits per heavy atom. The van der Waals surface area contributed by atoms with E-state index >= 15 is 0 Å². The van der Waals surface area contributed by atoms with Crippen molar-refractivity contribution < 1.29 is 14.6 Å². The highest BCUT2D eigenvalue weighted by molar-refractivity contribution is 5.97. The van der Waals surface area contributed by atoms with Gasteiger partial charge in [0.1, 0.15) is 28.9 Å². The van der Waals surface area contributed by atoms with Gasteiger partial charge in [-0.05, 0) is 56.4 Å². The van der Waals surface area contributed by atoms with E-state index in [0.29, 0.717) is 29.9 Å². The summed E-state index contributed by atoms with van der Waals surface area (Å²) in [5.41, 5.74) is 3.56. The number of nitrogens with zero attached hydrogens (tertiary/aromatic N) is 3. The van der Waals surface area contributed by atoms with Crippen molar-refractivity contribution in [2.24, 2.45) is 0 Å². The predicted octanol–water partition coefficient (Wildman–Crippen LogP) is 6.21. The highest BCUT2D eigenvalue weighted by atomic mass is 16.6. The Morgan fingerprint density at radius 1 is 1.14 bits per heavy atom. The van der Waals surface area contributed by atoms with Gasteiger partial charge < -0.3 is 14.4 Å². The lowest BCUT2D eigenvalue weighted by Gasteiger charge is -2.20. The monoisotopic (exact) mass is 473 g/mol. The molecule has 0 fully saturated rings. The first-order chi connectivity index (χ1) is 16.7. The quantitative estimate of drug-likeness (QED) is 0.373. The van der Waals surface area contributed by atoms with Gasteiger partial charge in [-0.25, -0.2) is 9.78 Å². The summed E-state index contributed by atoms with van der Waals surface area (Å²) in [7, 11) is 0. The predicted molar refractivity (Wildman–Crippen MR) is 137 cm³/mol. The fraction of sp³-hybridized carbons (Fsp3) is 0.414. The molecule has 3 rings (SSSR count). The number of carbonyl (C=O) groups is 1. The van der Waals surface area contributed by atoms with Crippen molar-refractivity contribution in [3.8, 4) is 17.2 Å². The first-order valence-electron chi connectivity index (χ1n) is 12.3. The molecule has 0 spiro atoms. The zero-order valence-electron chi connectivity index (χ0n) is 21.3. The molecule has 0 amide bonds. The van der Waals surface area contributed by atoms with Crippen LogP contribution in [0.15, 0.2) is 48.5 Å². The fourth-order valence-electron chi connectivity index (χ4n) is 3.98. The molecule has 2 aromatic carbocycles. The second kappa shape index (κ2) is 11.3. The number of hydrogen-bond donors (Lipinski definition) is 1. The second-order valence-corrected chi connectivity index (χ2v) is 9.73. The summed E-state index contributed by atoms with van der Waals surface area (Å²) in [5.74, 6) is 0.474. The molecule has 0 aliphatic heterocycles. The van der Waals surface area contributed by atoms with Crippen molar-refractivity contribution in [3.63, 3.8) is 0 Å². The van der Waals surface area contributed by atoms with Crippen LogP contribution in [0.5, 0.6) is 0 Å². The number of aliphatic hydroxyl groups excluding tert-OH is 1. The molecule has 1 aromatic heterocycles.